The summed E-state index contributed by atoms with van der Waals surface area (Å²) in [6.07, 6.45) is -5.09. The Balaban J connectivity index is 2.51. The lowest BCUT2D eigenvalue weighted by molar-refractivity contribution is -0.132. The minimum absolute atomic E-state index is 0.160. The van der Waals surface area contributed by atoms with Gasteiger partial charge in [-0.05, 0) is 24.6 Å². The number of nitrogens with zero attached hydrogens (tertiary/aromatic N) is 1. The molecule has 0 aromatic heterocycles. The fourth-order valence-electron chi connectivity index (χ4n) is 1.44. The molecule has 1 aromatic rings. The van der Waals surface area contributed by atoms with Crippen LogP contribution in [-0.4, -0.2) is 30.3 Å². The lowest BCUT2D eigenvalue weighted by Crippen LogP contribution is -2.38. The van der Waals surface area contributed by atoms with Crippen LogP contribution in [0.15, 0.2) is 29.3 Å². The number of halogens is 3. The number of hydrogen-bond donors (Lipinski definition) is 3. The van der Waals surface area contributed by atoms with Gasteiger partial charge < -0.3 is 15.7 Å². The smallest absolute Gasteiger partial charge is 0.390 e. The molecule has 1 aromatic carbocycles. The van der Waals surface area contributed by atoms with Gasteiger partial charge in [0.05, 0.1) is 13.0 Å². The summed E-state index contributed by atoms with van der Waals surface area (Å²) >= 11 is 0. The highest BCUT2D eigenvalue weighted by Gasteiger charge is 2.26. The Bertz CT molecular complexity index is 429. The molecule has 7 heteroatoms. The number of hydrogen-bond acceptors (Lipinski definition) is 2. The average Bonchev–Trinajstić information content (AvgIpc) is 2.36. The number of benzene rings is 1. The Kier molecular flexibility index (Phi) is 6.14. The first-order valence-electron chi connectivity index (χ1n) is 6.27. The van der Waals surface area contributed by atoms with Crippen LogP contribution in [0.3, 0.4) is 0 Å². The second kappa shape index (κ2) is 7.62. The Morgan fingerprint density at radius 1 is 1.20 bits per heavy atom. The first-order valence-corrected chi connectivity index (χ1v) is 6.27. The number of guanidine groups is 1. The van der Waals surface area contributed by atoms with E-state index in [1.54, 1.807) is 12.1 Å². The normalized spacial score (nSPS) is 12.3. The number of phenols is 1. The van der Waals surface area contributed by atoms with Gasteiger partial charge in [-0.3, -0.25) is 0 Å². The molecule has 1 rings (SSSR count). The van der Waals surface area contributed by atoms with Crippen molar-refractivity contribution in [2.24, 2.45) is 4.99 Å². The zero-order valence-electron chi connectivity index (χ0n) is 11.2. The maximum atomic E-state index is 12.1. The van der Waals surface area contributed by atoms with E-state index in [2.05, 4.69) is 15.6 Å². The lowest BCUT2D eigenvalue weighted by Gasteiger charge is -2.12. The summed E-state index contributed by atoms with van der Waals surface area (Å²) in [6, 6.07) is 6.49. The van der Waals surface area contributed by atoms with Gasteiger partial charge in [0.15, 0.2) is 5.96 Å². The van der Waals surface area contributed by atoms with Crippen molar-refractivity contribution in [3.8, 4) is 5.75 Å². The topological polar surface area (TPSA) is 56.7 Å². The molecule has 0 aliphatic carbocycles. The third-order valence-electron chi connectivity index (χ3n) is 2.40. The molecule has 0 atom stereocenters. The fourth-order valence-corrected chi connectivity index (χ4v) is 1.44. The van der Waals surface area contributed by atoms with Crippen LogP contribution in [0.1, 0.15) is 18.9 Å². The number of nitrogens with one attached hydrogen (secondary N) is 2. The molecule has 112 valence electrons. The fraction of sp³-hybridized carbons (Fsp3) is 0.462. The van der Waals surface area contributed by atoms with Crippen LogP contribution in [0.4, 0.5) is 13.2 Å². The zero-order valence-corrected chi connectivity index (χ0v) is 11.2. The van der Waals surface area contributed by atoms with E-state index in [4.69, 9.17) is 5.11 Å². The Morgan fingerprint density at radius 3 is 2.40 bits per heavy atom. The highest BCUT2D eigenvalue weighted by molar-refractivity contribution is 5.79. The predicted octanol–water partition coefficient (Wildman–Crippen LogP) is 2.40. The van der Waals surface area contributed by atoms with Crippen molar-refractivity contribution in [3.05, 3.63) is 29.8 Å². The number of phenolic OH excluding ortho intramolecular Hbond substituents is 1. The van der Waals surface area contributed by atoms with E-state index in [1.807, 2.05) is 6.92 Å². The molecule has 4 nitrogen and oxygen atoms in total. The van der Waals surface area contributed by atoms with Crippen LogP contribution < -0.4 is 10.6 Å². The molecule has 20 heavy (non-hydrogen) atoms. The summed E-state index contributed by atoms with van der Waals surface area (Å²) in [5.74, 6) is 0.498. The van der Waals surface area contributed by atoms with Gasteiger partial charge in [-0.15, -0.1) is 0 Å². The molecule has 0 unspecified atom stereocenters. The molecule has 0 spiro atoms. The second-order valence-electron chi connectivity index (χ2n) is 4.15. The van der Waals surface area contributed by atoms with Gasteiger partial charge in [0.2, 0.25) is 0 Å². The van der Waals surface area contributed by atoms with E-state index in [9.17, 15) is 13.2 Å². The van der Waals surface area contributed by atoms with E-state index >= 15 is 0 Å². The number of aliphatic imine (C=N–C) groups is 1. The largest absolute Gasteiger partial charge is 0.508 e. The van der Waals surface area contributed by atoms with Crippen molar-refractivity contribution in [3.63, 3.8) is 0 Å². The van der Waals surface area contributed by atoms with E-state index in [0.29, 0.717) is 19.0 Å². The minimum atomic E-state index is -4.18. The highest BCUT2D eigenvalue weighted by Crippen LogP contribution is 2.18. The molecule has 0 saturated carbocycles. The van der Waals surface area contributed by atoms with E-state index in [1.165, 1.54) is 12.1 Å². The first kappa shape index (κ1) is 16.1. The molecule has 0 amide bonds. The summed E-state index contributed by atoms with van der Waals surface area (Å²) in [7, 11) is 0. The molecule has 3 N–H and O–H groups in total. The summed E-state index contributed by atoms with van der Waals surface area (Å²) in [6.45, 7) is 2.50. The highest BCUT2D eigenvalue weighted by atomic mass is 19.4. The number of alkyl halides is 3. The molecule has 0 heterocycles. The van der Waals surface area contributed by atoms with Gasteiger partial charge in [-0.25, -0.2) is 4.99 Å². The van der Waals surface area contributed by atoms with Crippen LogP contribution in [0.25, 0.3) is 0 Å². The summed E-state index contributed by atoms with van der Waals surface area (Å²) in [5.41, 5.74) is 0.857. The first-order chi connectivity index (χ1) is 9.40. The maximum Gasteiger partial charge on any atom is 0.390 e. The average molecular weight is 289 g/mol. The predicted molar refractivity (Wildman–Crippen MR) is 71.6 cm³/mol. The Morgan fingerprint density at radius 2 is 1.85 bits per heavy atom. The molecule has 0 bridgehead atoms. The van der Waals surface area contributed by atoms with Crippen molar-refractivity contribution in [2.75, 3.05) is 13.1 Å². The van der Waals surface area contributed by atoms with Gasteiger partial charge >= 0.3 is 6.18 Å². The summed E-state index contributed by atoms with van der Waals surface area (Å²) in [4.78, 5) is 4.18. The molecule has 0 aliphatic heterocycles. The van der Waals surface area contributed by atoms with E-state index in [-0.39, 0.29) is 12.3 Å². The molecular formula is C13H18F3N3O. The molecule has 0 aliphatic rings. The van der Waals surface area contributed by atoms with Crippen LogP contribution in [0, 0.1) is 0 Å². The Labute approximate surface area is 115 Å². The Hall–Kier alpha value is -1.92. The minimum Gasteiger partial charge on any atom is -0.508 e. The third kappa shape index (κ3) is 6.86. The van der Waals surface area contributed by atoms with Crippen LogP contribution >= 0.6 is 0 Å². The maximum absolute atomic E-state index is 12.1. The van der Waals surface area contributed by atoms with Crippen molar-refractivity contribution in [1.82, 2.24) is 10.6 Å². The number of rotatable bonds is 5. The van der Waals surface area contributed by atoms with Gasteiger partial charge in [0.1, 0.15) is 5.75 Å². The summed E-state index contributed by atoms with van der Waals surface area (Å²) in [5, 5.41) is 14.6. The molecule has 0 saturated heterocycles. The monoisotopic (exact) mass is 289 g/mol. The van der Waals surface area contributed by atoms with Gasteiger partial charge in [-0.1, -0.05) is 12.1 Å². The van der Waals surface area contributed by atoms with Crippen molar-refractivity contribution in [2.45, 2.75) is 26.1 Å². The van der Waals surface area contributed by atoms with Crippen molar-refractivity contribution >= 4 is 5.96 Å². The van der Waals surface area contributed by atoms with E-state index < -0.39 is 12.6 Å². The van der Waals surface area contributed by atoms with E-state index in [0.717, 1.165) is 5.56 Å². The number of aromatic hydroxyl groups is 1. The second-order valence-corrected chi connectivity index (χ2v) is 4.15. The quantitative estimate of drug-likeness (QED) is 0.576. The molecular weight excluding hydrogens is 271 g/mol. The molecule has 0 fully saturated rings. The standard InChI is InChI=1S/C13H18F3N3O/c1-2-17-12(18-8-7-13(14,15)16)19-9-10-3-5-11(20)6-4-10/h3-6,20H,2,7-9H2,1H3,(H2,17,18,19). The SMILES string of the molecule is CCNC(=NCc1ccc(O)cc1)NCCC(F)(F)F. The lowest BCUT2D eigenvalue weighted by atomic mass is 10.2. The van der Waals surface area contributed by atoms with Crippen LogP contribution in [0.5, 0.6) is 5.75 Å². The molecule has 0 radical (unpaired) electrons. The van der Waals surface area contributed by atoms with Crippen LogP contribution in [-0.2, 0) is 6.54 Å². The van der Waals surface area contributed by atoms with Gasteiger partial charge in [0, 0.05) is 13.1 Å². The van der Waals surface area contributed by atoms with Gasteiger partial charge in [0.25, 0.3) is 0 Å². The summed E-state index contributed by atoms with van der Waals surface area (Å²) < 4.78 is 36.2. The van der Waals surface area contributed by atoms with Crippen molar-refractivity contribution in [1.29, 1.82) is 0 Å². The third-order valence-corrected chi connectivity index (χ3v) is 2.40. The van der Waals surface area contributed by atoms with Crippen LogP contribution in [0.2, 0.25) is 0 Å². The van der Waals surface area contributed by atoms with Crippen molar-refractivity contribution < 1.29 is 18.3 Å². The zero-order chi connectivity index (χ0) is 15.0. The van der Waals surface area contributed by atoms with Gasteiger partial charge in [-0.2, -0.15) is 13.2 Å².